The highest BCUT2D eigenvalue weighted by molar-refractivity contribution is 5.05. The van der Waals surface area contributed by atoms with E-state index in [1.54, 1.807) is 0 Å². The molecule has 0 aromatic rings. The highest BCUT2D eigenvalue weighted by atomic mass is 14.6. The molecule has 4 atom stereocenters. The molecule has 0 spiro atoms. The van der Waals surface area contributed by atoms with E-state index in [4.69, 9.17) is 0 Å². The zero-order valence-corrected chi connectivity index (χ0v) is 17.0. The third kappa shape index (κ3) is 4.05. The van der Waals surface area contributed by atoms with Crippen molar-refractivity contribution < 1.29 is 0 Å². The van der Waals surface area contributed by atoms with Crippen molar-refractivity contribution >= 4 is 0 Å². The highest BCUT2D eigenvalue weighted by Crippen LogP contribution is 2.63. The van der Waals surface area contributed by atoms with Gasteiger partial charge in [-0.05, 0) is 51.8 Å². The van der Waals surface area contributed by atoms with Crippen LogP contribution in [0.1, 0.15) is 89.5 Å². The average Bonchev–Trinajstić information content (AvgIpc) is 2.52. The summed E-state index contributed by atoms with van der Waals surface area (Å²) >= 11 is 0. The van der Waals surface area contributed by atoms with Crippen LogP contribution in [-0.2, 0) is 0 Å². The fraction of sp³-hybridized carbons (Fsp3) is 1.00. The molecule has 1 saturated carbocycles. The van der Waals surface area contributed by atoms with Crippen LogP contribution in [0.3, 0.4) is 0 Å². The van der Waals surface area contributed by atoms with Gasteiger partial charge in [0.05, 0.1) is 0 Å². The van der Waals surface area contributed by atoms with E-state index in [9.17, 15) is 0 Å². The predicted octanol–water partition coefficient (Wildman–Crippen LogP) is 7.04. The van der Waals surface area contributed by atoms with Crippen molar-refractivity contribution in [3.8, 4) is 0 Å². The Morgan fingerprint density at radius 3 is 0.810 bits per heavy atom. The minimum Gasteiger partial charge on any atom is -0.0599 e. The summed E-state index contributed by atoms with van der Waals surface area (Å²) in [5, 5.41) is 0. The Labute approximate surface area is 135 Å². The largest absolute Gasteiger partial charge is 0.0599 e. The molecule has 0 aromatic carbocycles. The van der Waals surface area contributed by atoms with E-state index in [1.165, 1.54) is 6.42 Å². The third-order valence-corrected chi connectivity index (χ3v) is 5.99. The lowest BCUT2D eigenvalue weighted by atomic mass is 9.57. The highest BCUT2D eigenvalue weighted by Gasteiger charge is 2.57. The second-order valence-corrected chi connectivity index (χ2v) is 12.0. The first-order valence-electron chi connectivity index (χ1n) is 8.97. The molecule has 1 aliphatic carbocycles. The SMILES string of the molecule is CC(C)(C)C1CC(C(C)(C)C)C(C(C)(C)C)C1C(C)(C)C. The topological polar surface area (TPSA) is 0 Å². The van der Waals surface area contributed by atoms with Gasteiger partial charge in [0.1, 0.15) is 0 Å². The molecule has 1 rings (SSSR count). The van der Waals surface area contributed by atoms with Crippen molar-refractivity contribution in [2.24, 2.45) is 45.3 Å². The average molecular weight is 295 g/mol. The Morgan fingerprint density at radius 1 is 0.429 bits per heavy atom. The van der Waals surface area contributed by atoms with E-state index in [0.29, 0.717) is 21.7 Å². The van der Waals surface area contributed by atoms with E-state index in [-0.39, 0.29) is 0 Å². The molecule has 0 amide bonds. The van der Waals surface area contributed by atoms with Gasteiger partial charge in [0.25, 0.3) is 0 Å². The van der Waals surface area contributed by atoms with Crippen molar-refractivity contribution in [3.63, 3.8) is 0 Å². The van der Waals surface area contributed by atoms with E-state index in [0.717, 1.165) is 23.7 Å². The molecule has 4 unspecified atom stereocenters. The normalized spacial score (nSPS) is 32.6. The van der Waals surface area contributed by atoms with Gasteiger partial charge in [0, 0.05) is 0 Å². The molecular formula is C21H42. The minimum absolute atomic E-state index is 0.385. The molecule has 0 aliphatic heterocycles. The quantitative estimate of drug-likeness (QED) is 0.449. The first kappa shape index (κ1) is 19.0. The van der Waals surface area contributed by atoms with Crippen molar-refractivity contribution in [1.82, 2.24) is 0 Å². The Hall–Kier alpha value is 0. The molecular weight excluding hydrogens is 252 g/mol. The Balaban J connectivity index is 3.42. The predicted molar refractivity (Wildman–Crippen MR) is 96.4 cm³/mol. The van der Waals surface area contributed by atoms with Gasteiger partial charge in [-0.25, -0.2) is 0 Å². The Kier molecular flexibility index (Phi) is 4.78. The number of hydrogen-bond acceptors (Lipinski definition) is 0. The maximum Gasteiger partial charge on any atom is -0.0296 e. The van der Waals surface area contributed by atoms with E-state index >= 15 is 0 Å². The van der Waals surface area contributed by atoms with Crippen molar-refractivity contribution in [2.45, 2.75) is 89.5 Å². The summed E-state index contributed by atoms with van der Waals surface area (Å²) in [4.78, 5) is 0. The molecule has 0 nitrogen and oxygen atoms in total. The van der Waals surface area contributed by atoms with Crippen LogP contribution >= 0.6 is 0 Å². The lowest BCUT2D eigenvalue weighted by molar-refractivity contribution is 0.00391. The van der Waals surface area contributed by atoms with Crippen LogP contribution < -0.4 is 0 Å². The summed E-state index contributed by atoms with van der Waals surface area (Å²) in [5.41, 5.74) is 1.58. The van der Waals surface area contributed by atoms with Crippen molar-refractivity contribution in [3.05, 3.63) is 0 Å². The van der Waals surface area contributed by atoms with Gasteiger partial charge < -0.3 is 0 Å². The summed E-state index contributed by atoms with van der Waals surface area (Å²) in [6.45, 7) is 29.6. The number of hydrogen-bond donors (Lipinski definition) is 0. The summed E-state index contributed by atoms with van der Waals surface area (Å²) < 4.78 is 0. The van der Waals surface area contributed by atoms with Crippen LogP contribution in [-0.4, -0.2) is 0 Å². The van der Waals surface area contributed by atoms with Crippen LogP contribution in [0.15, 0.2) is 0 Å². The van der Waals surface area contributed by atoms with Crippen molar-refractivity contribution in [2.75, 3.05) is 0 Å². The number of rotatable bonds is 0. The third-order valence-electron chi connectivity index (χ3n) is 5.99. The van der Waals surface area contributed by atoms with E-state index in [2.05, 4.69) is 83.1 Å². The Morgan fingerprint density at radius 2 is 0.667 bits per heavy atom. The van der Waals surface area contributed by atoms with Gasteiger partial charge in [-0.3, -0.25) is 0 Å². The maximum absolute atomic E-state index is 2.47. The monoisotopic (exact) mass is 294 g/mol. The molecule has 0 saturated heterocycles. The molecule has 0 heteroatoms. The van der Waals surface area contributed by atoms with Gasteiger partial charge in [-0.15, -0.1) is 0 Å². The van der Waals surface area contributed by atoms with Gasteiger partial charge >= 0.3 is 0 Å². The smallest absolute Gasteiger partial charge is 0.0296 e. The molecule has 126 valence electrons. The summed E-state index contributed by atoms with van der Waals surface area (Å²) in [7, 11) is 0. The molecule has 0 N–H and O–H groups in total. The molecule has 21 heavy (non-hydrogen) atoms. The molecule has 0 heterocycles. The second kappa shape index (κ2) is 5.27. The Bertz CT molecular complexity index is 311. The van der Waals surface area contributed by atoms with Crippen LogP contribution in [0, 0.1) is 45.3 Å². The standard InChI is InChI=1S/C21H42/c1-18(2,3)14-13-15(19(4,5)6)17(21(10,11)12)16(14)20(7,8)9/h14-17H,13H2,1-12H3. The lowest BCUT2D eigenvalue weighted by Crippen LogP contribution is -2.42. The maximum atomic E-state index is 2.47. The van der Waals surface area contributed by atoms with E-state index < -0.39 is 0 Å². The van der Waals surface area contributed by atoms with Gasteiger partial charge in [0.2, 0.25) is 0 Å². The van der Waals surface area contributed by atoms with Crippen LogP contribution in [0.2, 0.25) is 0 Å². The minimum atomic E-state index is 0.385. The van der Waals surface area contributed by atoms with Crippen LogP contribution in [0.4, 0.5) is 0 Å². The van der Waals surface area contributed by atoms with Crippen LogP contribution in [0.5, 0.6) is 0 Å². The first-order valence-corrected chi connectivity index (χ1v) is 8.97. The second-order valence-electron chi connectivity index (χ2n) is 12.0. The fourth-order valence-corrected chi connectivity index (χ4v) is 5.14. The molecule has 1 fully saturated rings. The van der Waals surface area contributed by atoms with Gasteiger partial charge in [-0.2, -0.15) is 0 Å². The molecule has 0 aromatic heterocycles. The fourth-order valence-electron chi connectivity index (χ4n) is 5.14. The van der Waals surface area contributed by atoms with Crippen LogP contribution in [0.25, 0.3) is 0 Å². The van der Waals surface area contributed by atoms with Gasteiger partial charge in [-0.1, -0.05) is 83.1 Å². The van der Waals surface area contributed by atoms with Crippen molar-refractivity contribution in [1.29, 1.82) is 0 Å². The molecule has 1 aliphatic rings. The molecule has 0 bridgehead atoms. The summed E-state index contributed by atoms with van der Waals surface area (Å²) in [5.74, 6) is 3.26. The summed E-state index contributed by atoms with van der Waals surface area (Å²) in [6.07, 6.45) is 1.40. The summed E-state index contributed by atoms with van der Waals surface area (Å²) in [6, 6.07) is 0. The zero-order chi connectivity index (χ0) is 17.0. The van der Waals surface area contributed by atoms with E-state index in [1.807, 2.05) is 0 Å². The molecule has 0 radical (unpaired) electrons. The van der Waals surface area contributed by atoms with Gasteiger partial charge in [0.15, 0.2) is 0 Å². The first-order chi connectivity index (χ1) is 8.97. The lowest BCUT2D eigenvalue weighted by Gasteiger charge is -2.48. The zero-order valence-electron chi connectivity index (χ0n) is 17.0.